The molecule has 0 radical (unpaired) electrons. The molecule has 2 aromatic rings. The molecule has 0 spiro atoms. The second kappa shape index (κ2) is 8.30. The monoisotopic (exact) mass is 414 g/mol. The van der Waals surface area contributed by atoms with E-state index in [1.54, 1.807) is 12.1 Å². The van der Waals surface area contributed by atoms with Crippen molar-refractivity contribution < 1.29 is 8.42 Å². The molecule has 0 saturated carbocycles. The number of hydrogen-bond acceptors (Lipinski definition) is 6. The van der Waals surface area contributed by atoms with Gasteiger partial charge in [-0.05, 0) is 80.8 Å². The molecular formula is C22H30N4O2S. The van der Waals surface area contributed by atoms with E-state index in [1.807, 2.05) is 25.1 Å². The molecule has 3 heterocycles. The van der Waals surface area contributed by atoms with E-state index in [9.17, 15) is 8.42 Å². The van der Waals surface area contributed by atoms with Crippen LogP contribution in [0.4, 0.5) is 11.5 Å². The van der Waals surface area contributed by atoms with Crippen LogP contribution >= 0.6 is 0 Å². The van der Waals surface area contributed by atoms with E-state index in [2.05, 4.69) is 26.1 Å². The molecule has 0 unspecified atom stereocenters. The van der Waals surface area contributed by atoms with Gasteiger partial charge < -0.3 is 9.80 Å². The van der Waals surface area contributed by atoms with E-state index in [0.717, 1.165) is 55.2 Å². The first-order valence-corrected chi connectivity index (χ1v) is 12.4. The lowest BCUT2D eigenvalue weighted by Gasteiger charge is -2.41. The first-order valence-electron chi connectivity index (χ1n) is 10.5. The fourth-order valence-corrected chi connectivity index (χ4v) is 5.32. The summed E-state index contributed by atoms with van der Waals surface area (Å²) in [6.07, 6.45) is 6.13. The lowest BCUT2D eigenvalue weighted by Crippen LogP contribution is -2.41. The summed E-state index contributed by atoms with van der Waals surface area (Å²) >= 11 is 0. The summed E-state index contributed by atoms with van der Waals surface area (Å²) in [5.41, 5.74) is 2.09. The van der Waals surface area contributed by atoms with Gasteiger partial charge in [-0.1, -0.05) is 0 Å². The number of aryl methyl sites for hydroxylation is 1. The van der Waals surface area contributed by atoms with Gasteiger partial charge in [-0.2, -0.15) is 5.10 Å². The Kier molecular flexibility index (Phi) is 5.76. The summed E-state index contributed by atoms with van der Waals surface area (Å²) in [7, 11) is -3.13. The van der Waals surface area contributed by atoms with Crippen molar-refractivity contribution in [3.63, 3.8) is 0 Å². The Balaban J connectivity index is 1.28. The standard InChI is InChI=1S/C22H30N4O2S/c1-17-3-8-22(24-23-17)26-15-11-19(12-16-26)18-9-13-25(14-10-18)20-4-6-21(7-5-20)29(2,27)28/h3-8,18-19H,9-16H2,1-2H3. The highest BCUT2D eigenvalue weighted by atomic mass is 32.2. The summed E-state index contributed by atoms with van der Waals surface area (Å²) in [6, 6.07) is 11.4. The number of aromatic nitrogens is 2. The van der Waals surface area contributed by atoms with Crippen LogP contribution in [0.15, 0.2) is 41.3 Å². The van der Waals surface area contributed by atoms with Crippen molar-refractivity contribution in [2.45, 2.75) is 37.5 Å². The SMILES string of the molecule is Cc1ccc(N2CCC(C3CCN(c4ccc(S(C)(=O)=O)cc4)CC3)CC2)nn1. The van der Waals surface area contributed by atoms with Crippen molar-refractivity contribution in [3.05, 3.63) is 42.1 Å². The van der Waals surface area contributed by atoms with Crippen molar-refractivity contribution in [2.75, 3.05) is 42.2 Å². The number of benzene rings is 1. The number of piperidine rings is 2. The first kappa shape index (κ1) is 20.1. The zero-order valence-corrected chi connectivity index (χ0v) is 18.1. The third-order valence-electron chi connectivity index (χ3n) is 6.48. The average Bonchev–Trinajstić information content (AvgIpc) is 2.74. The van der Waals surface area contributed by atoms with Crippen LogP contribution in [0.2, 0.25) is 0 Å². The van der Waals surface area contributed by atoms with E-state index in [0.29, 0.717) is 4.90 Å². The molecule has 6 nitrogen and oxygen atoms in total. The Hall–Kier alpha value is -2.15. The van der Waals surface area contributed by atoms with Crippen LogP contribution in [0.1, 0.15) is 31.4 Å². The number of anilines is 2. The number of rotatable bonds is 4. The predicted molar refractivity (Wildman–Crippen MR) is 116 cm³/mol. The summed E-state index contributed by atoms with van der Waals surface area (Å²) in [5.74, 6) is 2.58. The van der Waals surface area contributed by atoms with Gasteiger partial charge in [0.15, 0.2) is 15.7 Å². The van der Waals surface area contributed by atoms with Gasteiger partial charge in [-0.15, -0.1) is 5.10 Å². The second-order valence-corrected chi connectivity index (χ2v) is 10.5. The van der Waals surface area contributed by atoms with Crippen LogP contribution < -0.4 is 9.80 Å². The third-order valence-corrected chi connectivity index (χ3v) is 7.61. The average molecular weight is 415 g/mol. The van der Waals surface area contributed by atoms with Crippen LogP contribution in [0.5, 0.6) is 0 Å². The molecule has 2 saturated heterocycles. The largest absolute Gasteiger partial charge is 0.372 e. The number of nitrogens with zero attached hydrogens (tertiary/aromatic N) is 4. The van der Waals surface area contributed by atoms with Gasteiger partial charge >= 0.3 is 0 Å². The molecule has 2 aliphatic heterocycles. The maximum absolute atomic E-state index is 11.6. The molecule has 4 rings (SSSR count). The van der Waals surface area contributed by atoms with Gasteiger partial charge in [0.05, 0.1) is 10.6 Å². The third kappa shape index (κ3) is 4.71. The summed E-state index contributed by atoms with van der Waals surface area (Å²) in [4.78, 5) is 5.14. The molecular weight excluding hydrogens is 384 g/mol. The van der Waals surface area contributed by atoms with E-state index in [1.165, 1.54) is 31.9 Å². The van der Waals surface area contributed by atoms with Gasteiger partial charge in [0.1, 0.15) is 0 Å². The lowest BCUT2D eigenvalue weighted by molar-refractivity contribution is 0.232. The van der Waals surface area contributed by atoms with E-state index in [4.69, 9.17) is 0 Å². The highest BCUT2D eigenvalue weighted by molar-refractivity contribution is 7.90. The van der Waals surface area contributed by atoms with Crippen molar-refractivity contribution in [1.82, 2.24) is 10.2 Å². The molecule has 0 atom stereocenters. The van der Waals surface area contributed by atoms with E-state index in [-0.39, 0.29) is 0 Å². The quantitative estimate of drug-likeness (QED) is 0.765. The Morgan fingerprint density at radius 3 is 1.83 bits per heavy atom. The van der Waals surface area contributed by atoms with Gasteiger partial charge in [0, 0.05) is 38.1 Å². The fourth-order valence-electron chi connectivity index (χ4n) is 4.69. The van der Waals surface area contributed by atoms with E-state index < -0.39 is 9.84 Å². The van der Waals surface area contributed by atoms with Crippen LogP contribution in [-0.2, 0) is 9.84 Å². The summed E-state index contributed by atoms with van der Waals surface area (Å²) in [6.45, 7) is 6.19. The van der Waals surface area contributed by atoms with Gasteiger partial charge in [-0.3, -0.25) is 0 Å². The zero-order chi connectivity index (χ0) is 20.4. The van der Waals surface area contributed by atoms with Gasteiger partial charge in [0.25, 0.3) is 0 Å². The van der Waals surface area contributed by atoms with E-state index >= 15 is 0 Å². The fraction of sp³-hybridized carbons (Fsp3) is 0.545. The van der Waals surface area contributed by atoms with Crippen molar-refractivity contribution in [1.29, 1.82) is 0 Å². The highest BCUT2D eigenvalue weighted by Crippen LogP contribution is 2.34. The van der Waals surface area contributed by atoms with Crippen LogP contribution in [-0.4, -0.2) is 51.0 Å². The Labute approximate surface area is 173 Å². The molecule has 0 aliphatic carbocycles. The van der Waals surface area contributed by atoms with Crippen molar-refractivity contribution in [2.24, 2.45) is 11.8 Å². The summed E-state index contributed by atoms with van der Waals surface area (Å²) in [5, 5.41) is 8.52. The Morgan fingerprint density at radius 2 is 1.34 bits per heavy atom. The van der Waals surface area contributed by atoms with Crippen LogP contribution in [0.3, 0.4) is 0 Å². The molecule has 1 aromatic heterocycles. The molecule has 156 valence electrons. The topological polar surface area (TPSA) is 66.4 Å². The maximum atomic E-state index is 11.6. The molecule has 0 N–H and O–H groups in total. The van der Waals surface area contributed by atoms with Crippen LogP contribution in [0, 0.1) is 18.8 Å². The number of sulfone groups is 1. The second-order valence-electron chi connectivity index (χ2n) is 8.45. The molecule has 7 heteroatoms. The normalized spacial score (nSPS) is 19.5. The minimum absolute atomic E-state index is 0.390. The Morgan fingerprint density at radius 1 is 0.793 bits per heavy atom. The highest BCUT2D eigenvalue weighted by Gasteiger charge is 2.30. The van der Waals surface area contributed by atoms with Gasteiger partial charge in [-0.25, -0.2) is 8.42 Å². The zero-order valence-electron chi connectivity index (χ0n) is 17.3. The lowest BCUT2D eigenvalue weighted by atomic mass is 9.78. The maximum Gasteiger partial charge on any atom is 0.175 e. The Bertz CT molecular complexity index is 912. The molecule has 0 bridgehead atoms. The minimum Gasteiger partial charge on any atom is -0.372 e. The molecule has 29 heavy (non-hydrogen) atoms. The molecule has 0 amide bonds. The predicted octanol–water partition coefficient (Wildman–Crippen LogP) is 3.32. The van der Waals surface area contributed by atoms with Crippen LogP contribution in [0.25, 0.3) is 0 Å². The smallest absolute Gasteiger partial charge is 0.175 e. The molecule has 2 fully saturated rings. The molecule has 1 aromatic carbocycles. The summed E-state index contributed by atoms with van der Waals surface area (Å²) < 4.78 is 23.3. The van der Waals surface area contributed by atoms with Crippen molar-refractivity contribution in [3.8, 4) is 0 Å². The van der Waals surface area contributed by atoms with Crippen molar-refractivity contribution >= 4 is 21.3 Å². The minimum atomic E-state index is -3.13. The molecule has 2 aliphatic rings. The number of hydrogen-bond donors (Lipinski definition) is 0. The first-order chi connectivity index (χ1) is 13.9. The van der Waals surface area contributed by atoms with Gasteiger partial charge in [0.2, 0.25) is 0 Å².